The number of ether oxygens (including phenoxy) is 2. The lowest BCUT2D eigenvalue weighted by molar-refractivity contribution is -0.0424. The summed E-state index contributed by atoms with van der Waals surface area (Å²) in [5, 5.41) is 28.8. The van der Waals surface area contributed by atoms with Gasteiger partial charge in [-0.3, -0.25) is 4.79 Å². The lowest BCUT2D eigenvalue weighted by Gasteiger charge is -2.37. The molecule has 22 heavy (non-hydrogen) atoms. The predicted octanol–water partition coefficient (Wildman–Crippen LogP) is 2.02. The molecule has 2 atom stereocenters. The second kappa shape index (κ2) is 4.38. The van der Waals surface area contributed by atoms with Crippen molar-refractivity contribution in [3.63, 3.8) is 0 Å². The Morgan fingerprint density at radius 3 is 2.59 bits per heavy atom. The summed E-state index contributed by atoms with van der Waals surface area (Å²) in [4.78, 5) is 12.5. The van der Waals surface area contributed by atoms with Crippen molar-refractivity contribution in [1.82, 2.24) is 0 Å². The monoisotopic (exact) mass is 300 g/mol. The van der Waals surface area contributed by atoms with E-state index in [-0.39, 0.29) is 35.4 Å². The minimum absolute atomic E-state index is 0.00416. The molecule has 2 aromatic carbocycles. The molecule has 4 rings (SSSR count). The van der Waals surface area contributed by atoms with Gasteiger partial charge in [-0.25, -0.2) is 0 Å². The van der Waals surface area contributed by atoms with Crippen LogP contribution in [0.25, 0.3) is 0 Å². The second-order valence-electron chi connectivity index (χ2n) is 5.35. The van der Waals surface area contributed by atoms with Gasteiger partial charge in [0.05, 0.1) is 12.2 Å². The van der Waals surface area contributed by atoms with Crippen LogP contribution < -0.4 is 4.74 Å². The van der Waals surface area contributed by atoms with Gasteiger partial charge in [-0.2, -0.15) is 0 Å². The Labute approximate surface area is 125 Å². The Balaban J connectivity index is 1.85. The molecule has 0 aliphatic carbocycles. The number of phenolic OH excluding ortho intramolecular Hbond substituents is 3. The quantitative estimate of drug-likeness (QED) is 0.644. The summed E-state index contributed by atoms with van der Waals surface area (Å²) in [6, 6.07) is 7.06. The average Bonchev–Trinajstić information content (AvgIpc) is 2.48. The minimum Gasteiger partial charge on any atom is -0.508 e. The van der Waals surface area contributed by atoms with E-state index in [1.54, 1.807) is 0 Å². The molecule has 0 radical (unpaired) electrons. The number of Topliss-reactive ketones (excluding diaryl/α,β-unsaturated/α-hetero) is 1. The van der Waals surface area contributed by atoms with Gasteiger partial charge in [0.1, 0.15) is 11.5 Å². The van der Waals surface area contributed by atoms with E-state index in [0.717, 1.165) is 0 Å². The van der Waals surface area contributed by atoms with Crippen LogP contribution in [-0.4, -0.2) is 27.2 Å². The van der Waals surface area contributed by atoms with E-state index in [9.17, 15) is 20.1 Å². The summed E-state index contributed by atoms with van der Waals surface area (Å²) >= 11 is 0. The zero-order chi connectivity index (χ0) is 15.4. The van der Waals surface area contributed by atoms with Crippen LogP contribution in [0, 0.1) is 0 Å². The van der Waals surface area contributed by atoms with Gasteiger partial charge in [-0.15, -0.1) is 0 Å². The van der Waals surface area contributed by atoms with Crippen molar-refractivity contribution >= 4 is 5.78 Å². The molecular formula is C16H12O6. The van der Waals surface area contributed by atoms with E-state index in [4.69, 9.17) is 9.47 Å². The summed E-state index contributed by atoms with van der Waals surface area (Å²) in [6.07, 6.45) is -1.54. The Hall–Kier alpha value is -2.73. The van der Waals surface area contributed by atoms with Crippen LogP contribution in [0.2, 0.25) is 0 Å². The number of aromatic hydroxyl groups is 3. The first-order chi connectivity index (χ1) is 10.5. The van der Waals surface area contributed by atoms with Gasteiger partial charge < -0.3 is 24.8 Å². The van der Waals surface area contributed by atoms with E-state index in [0.29, 0.717) is 16.7 Å². The van der Waals surface area contributed by atoms with Gasteiger partial charge in [-0.1, -0.05) is 0 Å². The lowest BCUT2D eigenvalue weighted by Crippen LogP contribution is -2.41. The number of fused-ring (bicyclic) bond motifs is 4. The third-order valence-electron chi connectivity index (χ3n) is 3.98. The average molecular weight is 300 g/mol. The van der Waals surface area contributed by atoms with E-state index < -0.39 is 12.2 Å². The largest absolute Gasteiger partial charge is 0.508 e. The Kier molecular flexibility index (Phi) is 2.58. The molecule has 6 nitrogen and oxygen atoms in total. The third kappa shape index (κ3) is 1.74. The van der Waals surface area contributed by atoms with Crippen molar-refractivity contribution in [1.29, 1.82) is 0 Å². The molecule has 2 aliphatic rings. The topological polar surface area (TPSA) is 96.2 Å². The van der Waals surface area contributed by atoms with Gasteiger partial charge in [0, 0.05) is 11.6 Å². The molecule has 0 bridgehead atoms. The molecule has 0 spiro atoms. The molecule has 0 saturated carbocycles. The highest BCUT2D eigenvalue weighted by atomic mass is 16.6. The van der Waals surface area contributed by atoms with Crippen LogP contribution in [0.15, 0.2) is 30.3 Å². The molecule has 0 unspecified atom stereocenters. The zero-order valence-electron chi connectivity index (χ0n) is 11.3. The van der Waals surface area contributed by atoms with Gasteiger partial charge in [0.2, 0.25) is 0 Å². The van der Waals surface area contributed by atoms with Crippen molar-refractivity contribution in [2.24, 2.45) is 0 Å². The van der Waals surface area contributed by atoms with Gasteiger partial charge in [-0.05, 0) is 29.8 Å². The normalized spacial score (nSPS) is 22.3. The molecule has 0 saturated heterocycles. The van der Waals surface area contributed by atoms with Crippen LogP contribution in [0.1, 0.15) is 27.6 Å². The summed E-state index contributed by atoms with van der Waals surface area (Å²) < 4.78 is 11.4. The van der Waals surface area contributed by atoms with Gasteiger partial charge >= 0.3 is 0 Å². The van der Waals surface area contributed by atoms with Crippen molar-refractivity contribution in [3.05, 3.63) is 47.0 Å². The Bertz CT molecular complexity index is 797. The molecule has 0 aromatic heterocycles. The zero-order valence-corrected chi connectivity index (χ0v) is 11.3. The van der Waals surface area contributed by atoms with Crippen molar-refractivity contribution in [2.75, 3.05) is 0 Å². The number of rotatable bonds is 0. The fraction of sp³-hybridized carbons (Fsp3) is 0.188. The second-order valence-corrected chi connectivity index (χ2v) is 5.35. The molecule has 112 valence electrons. The minimum atomic E-state index is -0.812. The maximum absolute atomic E-state index is 12.5. The number of hydrogen-bond donors (Lipinski definition) is 3. The molecule has 2 aromatic rings. The summed E-state index contributed by atoms with van der Waals surface area (Å²) in [5.74, 6) is -0.492. The smallest absolute Gasteiger partial charge is 0.199 e. The highest BCUT2D eigenvalue weighted by Gasteiger charge is 2.43. The highest BCUT2D eigenvalue weighted by Crippen LogP contribution is 2.44. The van der Waals surface area contributed by atoms with Crippen molar-refractivity contribution in [2.45, 2.75) is 18.8 Å². The van der Waals surface area contributed by atoms with E-state index in [2.05, 4.69) is 0 Å². The number of phenols is 3. The fourth-order valence-corrected chi connectivity index (χ4v) is 2.90. The molecule has 2 aliphatic heterocycles. The highest BCUT2D eigenvalue weighted by molar-refractivity contribution is 6.03. The standard InChI is InChI=1S/C16H12O6/c17-8-1-2-9-13(4-8)22-15-10-5-12(19)11(18)3-7(10)6-21-16(15)14(9)20/h1-5,15-19H,6H2/t15-,16-/m0/s1. The van der Waals surface area contributed by atoms with Crippen molar-refractivity contribution in [3.8, 4) is 23.0 Å². The molecule has 2 heterocycles. The summed E-state index contributed by atoms with van der Waals surface area (Å²) in [6.45, 7) is 0.146. The predicted molar refractivity (Wildman–Crippen MR) is 74.2 cm³/mol. The van der Waals surface area contributed by atoms with Crippen LogP contribution in [0.5, 0.6) is 23.0 Å². The molecule has 0 amide bonds. The summed E-state index contributed by atoms with van der Waals surface area (Å²) in [7, 11) is 0. The van der Waals surface area contributed by atoms with Gasteiger partial charge in [0.25, 0.3) is 0 Å². The molecular weight excluding hydrogens is 288 g/mol. The Morgan fingerprint density at radius 2 is 1.77 bits per heavy atom. The SMILES string of the molecule is O=C1c2ccc(O)cc2O[C@H]2c3cc(O)c(O)cc3CO[C@@H]12. The lowest BCUT2D eigenvalue weighted by atomic mass is 9.88. The van der Waals surface area contributed by atoms with Gasteiger partial charge in [0.15, 0.2) is 29.5 Å². The number of benzene rings is 2. The van der Waals surface area contributed by atoms with Crippen LogP contribution in [0.4, 0.5) is 0 Å². The number of ketones is 1. The number of carbonyl (C=O) groups excluding carboxylic acids is 1. The number of hydrogen-bond acceptors (Lipinski definition) is 6. The van der Waals surface area contributed by atoms with Crippen LogP contribution >= 0.6 is 0 Å². The van der Waals surface area contributed by atoms with E-state index in [1.807, 2.05) is 0 Å². The van der Waals surface area contributed by atoms with E-state index in [1.165, 1.54) is 30.3 Å². The molecule has 3 N–H and O–H groups in total. The van der Waals surface area contributed by atoms with Crippen LogP contribution in [-0.2, 0) is 11.3 Å². The Morgan fingerprint density at radius 1 is 1.00 bits per heavy atom. The third-order valence-corrected chi connectivity index (χ3v) is 3.98. The molecule has 0 fully saturated rings. The summed E-state index contributed by atoms with van der Waals surface area (Å²) in [5.41, 5.74) is 1.59. The van der Waals surface area contributed by atoms with Crippen molar-refractivity contribution < 1.29 is 29.6 Å². The maximum atomic E-state index is 12.5. The first kappa shape index (κ1) is 13.0. The van der Waals surface area contributed by atoms with Crippen LogP contribution in [0.3, 0.4) is 0 Å². The van der Waals surface area contributed by atoms with E-state index >= 15 is 0 Å². The fourth-order valence-electron chi connectivity index (χ4n) is 2.90. The maximum Gasteiger partial charge on any atom is 0.199 e. The molecule has 6 heteroatoms. The first-order valence-electron chi connectivity index (χ1n) is 6.75. The number of carbonyl (C=O) groups is 1. The first-order valence-corrected chi connectivity index (χ1v) is 6.75.